The Morgan fingerprint density at radius 3 is 2.85 bits per heavy atom. The second-order valence-corrected chi connectivity index (χ2v) is 2.73. The third-order valence-electron chi connectivity index (χ3n) is 1.70. The van der Waals surface area contributed by atoms with Crippen molar-refractivity contribution in [1.29, 1.82) is 0 Å². The Balaban J connectivity index is 2.96. The number of hydrogen-bond acceptors (Lipinski definition) is 3. The molecule has 0 radical (unpaired) electrons. The molecule has 1 aromatic heterocycles. The van der Waals surface area contributed by atoms with E-state index < -0.39 is 0 Å². The zero-order valence-corrected chi connectivity index (χ0v) is 8.20. The van der Waals surface area contributed by atoms with E-state index in [4.69, 9.17) is 4.74 Å². The smallest absolute Gasteiger partial charge is 0.243 e. The molecular formula is C9H14N2O2. The number of aromatic nitrogens is 2. The van der Waals surface area contributed by atoms with Crippen molar-refractivity contribution in [1.82, 2.24) is 9.78 Å². The molecule has 0 aromatic carbocycles. The number of carbonyl (C=O) groups excluding carboxylic acids is 1. The van der Waals surface area contributed by atoms with E-state index in [1.165, 1.54) is 0 Å². The Labute approximate surface area is 77.5 Å². The normalized spacial score (nSPS) is 10.1. The van der Waals surface area contributed by atoms with E-state index in [1.54, 1.807) is 17.9 Å². The van der Waals surface area contributed by atoms with Gasteiger partial charge in [0.25, 0.3) is 0 Å². The van der Waals surface area contributed by atoms with Crippen LogP contribution in [0.15, 0.2) is 6.20 Å². The summed E-state index contributed by atoms with van der Waals surface area (Å²) < 4.78 is 6.82. The summed E-state index contributed by atoms with van der Waals surface area (Å²) in [6.07, 6.45) is 2.17. The highest BCUT2D eigenvalue weighted by atomic mass is 16.5. The third-order valence-corrected chi connectivity index (χ3v) is 1.70. The predicted molar refractivity (Wildman–Crippen MR) is 49.0 cm³/mol. The van der Waals surface area contributed by atoms with E-state index in [0.29, 0.717) is 24.5 Å². The monoisotopic (exact) mass is 182 g/mol. The minimum atomic E-state index is 0.0663. The SMILES string of the molecule is CCOc1nn(C)cc1C(=O)CC. The maximum Gasteiger partial charge on any atom is 0.243 e. The maximum absolute atomic E-state index is 11.4. The Morgan fingerprint density at radius 1 is 1.62 bits per heavy atom. The van der Waals surface area contributed by atoms with Crippen LogP contribution in [0.1, 0.15) is 30.6 Å². The summed E-state index contributed by atoms with van der Waals surface area (Å²) in [5.74, 6) is 0.508. The molecule has 1 rings (SSSR count). The molecule has 0 fully saturated rings. The number of hydrogen-bond donors (Lipinski definition) is 0. The summed E-state index contributed by atoms with van der Waals surface area (Å²) >= 11 is 0. The molecule has 4 nitrogen and oxygen atoms in total. The van der Waals surface area contributed by atoms with Crippen molar-refractivity contribution in [3.05, 3.63) is 11.8 Å². The van der Waals surface area contributed by atoms with Crippen molar-refractivity contribution in [2.75, 3.05) is 6.61 Å². The summed E-state index contributed by atoms with van der Waals surface area (Å²) in [6, 6.07) is 0. The summed E-state index contributed by atoms with van der Waals surface area (Å²) in [7, 11) is 1.77. The van der Waals surface area contributed by atoms with Gasteiger partial charge in [-0.05, 0) is 6.92 Å². The number of ether oxygens (including phenoxy) is 1. The van der Waals surface area contributed by atoms with Crippen LogP contribution >= 0.6 is 0 Å². The summed E-state index contributed by atoms with van der Waals surface area (Å²) in [6.45, 7) is 4.22. The zero-order valence-electron chi connectivity index (χ0n) is 8.20. The second-order valence-electron chi connectivity index (χ2n) is 2.73. The zero-order chi connectivity index (χ0) is 9.84. The fourth-order valence-electron chi connectivity index (χ4n) is 1.09. The third kappa shape index (κ3) is 2.08. The number of ketones is 1. The van der Waals surface area contributed by atoms with Crippen molar-refractivity contribution in [3.63, 3.8) is 0 Å². The van der Waals surface area contributed by atoms with Crippen LogP contribution in [-0.4, -0.2) is 22.2 Å². The van der Waals surface area contributed by atoms with Crippen molar-refractivity contribution < 1.29 is 9.53 Å². The van der Waals surface area contributed by atoms with Crippen molar-refractivity contribution in [3.8, 4) is 5.88 Å². The molecule has 0 saturated carbocycles. The first-order chi connectivity index (χ1) is 6.19. The Morgan fingerprint density at radius 2 is 2.31 bits per heavy atom. The lowest BCUT2D eigenvalue weighted by molar-refractivity contribution is 0.0984. The van der Waals surface area contributed by atoms with E-state index in [2.05, 4.69) is 5.10 Å². The highest BCUT2D eigenvalue weighted by Gasteiger charge is 2.14. The van der Waals surface area contributed by atoms with E-state index >= 15 is 0 Å². The van der Waals surface area contributed by atoms with Gasteiger partial charge in [0, 0.05) is 19.7 Å². The first kappa shape index (κ1) is 9.77. The van der Waals surface area contributed by atoms with E-state index in [-0.39, 0.29) is 5.78 Å². The Kier molecular flexibility index (Phi) is 3.06. The predicted octanol–water partition coefficient (Wildman–Crippen LogP) is 1.41. The van der Waals surface area contributed by atoms with Crippen LogP contribution in [0, 0.1) is 0 Å². The molecule has 0 unspecified atom stereocenters. The first-order valence-electron chi connectivity index (χ1n) is 4.38. The summed E-state index contributed by atoms with van der Waals surface area (Å²) in [5.41, 5.74) is 0.576. The fourth-order valence-corrected chi connectivity index (χ4v) is 1.09. The summed E-state index contributed by atoms with van der Waals surface area (Å²) in [5, 5.41) is 4.04. The first-order valence-corrected chi connectivity index (χ1v) is 4.38. The molecule has 72 valence electrons. The lowest BCUT2D eigenvalue weighted by atomic mass is 10.2. The van der Waals surface area contributed by atoms with Crippen LogP contribution in [0.5, 0.6) is 5.88 Å². The number of carbonyl (C=O) groups is 1. The van der Waals surface area contributed by atoms with Crippen molar-refractivity contribution in [2.45, 2.75) is 20.3 Å². The lowest BCUT2D eigenvalue weighted by Gasteiger charge is -1.99. The Hall–Kier alpha value is -1.32. The molecule has 0 spiro atoms. The molecule has 0 saturated heterocycles. The fraction of sp³-hybridized carbons (Fsp3) is 0.556. The van der Waals surface area contributed by atoms with Gasteiger partial charge < -0.3 is 4.74 Å². The van der Waals surface area contributed by atoms with Crippen LogP contribution in [-0.2, 0) is 7.05 Å². The van der Waals surface area contributed by atoms with Gasteiger partial charge in [-0.25, -0.2) is 0 Å². The number of rotatable bonds is 4. The van der Waals surface area contributed by atoms with Crippen molar-refractivity contribution >= 4 is 5.78 Å². The molecule has 0 amide bonds. The van der Waals surface area contributed by atoms with Gasteiger partial charge in [0.15, 0.2) is 5.78 Å². The standard InChI is InChI=1S/C9H14N2O2/c1-4-8(12)7-6-11(3)10-9(7)13-5-2/h6H,4-5H2,1-3H3. The molecule has 0 bridgehead atoms. The van der Waals surface area contributed by atoms with Crippen LogP contribution in [0.2, 0.25) is 0 Å². The van der Waals surface area contributed by atoms with Gasteiger partial charge in [0.05, 0.1) is 12.2 Å². The van der Waals surface area contributed by atoms with Gasteiger partial charge in [-0.1, -0.05) is 6.92 Å². The average molecular weight is 182 g/mol. The molecular weight excluding hydrogens is 168 g/mol. The minimum absolute atomic E-state index is 0.0663. The van der Waals surface area contributed by atoms with Gasteiger partial charge in [0.2, 0.25) is 5.88 Å². The van der Waals surface area contributed by atoms with Gasteiger partial charge >= 0.3 is 0 Å². The molecule has 0 atom stereocenters. The van der Waals surface area contributed by atoms with Crippen LogP contribution < -0.4 is 4.74 Å². The van der Waals surface area contributed by atoms with Gasteiger partial charge in [0.1, 0.15) is 0 Å². The maximum atomic E-state index is 11.4. The van der Waals surface area contributed by atoms with Crippen LogP contribution in [0.25, 0.3) is 0 Å². The molecule has 4 heteroatoms. The minimum Gasteiger partial charge on any atom is -0.476 e. The van der Waals surface area contributed by atoms with E-state index in [1.807, 2.05) is 13.8 Å². The number of Topliss-reactive ketones (excluding diaryl/α,β-unsaturated/α-hetero) is 1. The van der Waals surface area contributed by atoms with E-state index in [9.17, 15) is 4.79 Å². The second kappa shape index (κ2) is 4.07. The molecule has 0 aliphatic carbocycles. The molecule has 0 aliphatic heterocycles. The quantitative estimate of drug-likeness (QED) is 0.661. The van der Waals surface area contributed by atoms with E-state index in [0.717, 1.165) is 0 Å². The molecule has 1 aromatic rings. The highest BCUT2D eigenvalue weighted by Crippen LogP contribution is 2.16. The van der Waals surface area contributed by atoms with Crippen LogP contribution in [0.3, 0.4) is 0 Å². The molecule has 13 heavy (non-hydrogen) atoms. The summed E-state index contributed by atoms with van der Waals surface area (Å²) in [4.78, 5) is 11.4. The number of nitrogens with zero attached hydrogens (tertiary/aromatic N) is 2. The Bertz CT molecular complexity index is 305. The highest BCUT2D eigenvalue weighted by molar-refractivity contribution is 5.97. The van der Waals surface area contributed by atoms with Crippen LogP contribution in [0.4, 0.5) is 0 Å². The van der Waals surface area contributed by atoms with Gasteiger partial charge in [-0.15, -0.1) is 5.10 Å². The van der Waals surface area contributed by atoms with Gasteiger partial charge in [-0.2, -0.15) is 0 Å². The average Bonchev–Trinajstić information content (AvgIpc) is 2.46. The number of aryl methyl sites for hydroxylation is 1. The van der Waals surface area contributed by atoms with Gasteiger partial charge in [-0.3, -0.25) is 9.48 Å². The largest absolute Gasteiger partial charge is 0.476 e. The molecule has 1 heterocycles. The van der Waals surface area contributed by atoms with Crippen molar-refractivity contribution in [2.24, 2.45) is 7.05 Å². The molecule has 0 aliphatic rings. The topological polar surface area (TPSA) is 44.1 Å². The lowest BCUT2D eigenvalue weighted by Crippen LogP contribution is -2.00. The molecule has 0 N–H and O–H groups in total.